The molecular formula is C21H20F2N2O3S. The molecule has 0 bridgehead atoms. The number of rotatable bonds is 7. The Bertz CT molecular complexity index is 1090. The van der Waals surface area contributed by atoms with Gasteiger partial charge in [-0.3, -0.25) is 9.59 Å². The van der Waals surface area contributed by atoms with E-state index >= 15 is 0 Å². The normalized spacial score (nSPS) is 11.8. The van der Waals surface area contributed by atoms with Gasteiger partial charge in [-0.25, -0.2) is 8.78 Å². The third-order valence-corrected chi connectivity index (χ3v) is 5.23. The van der Waals surface area contributed by atoms with Crippen molar-refractivity contribution in [3.8, 4) is 0 Å². The van der Waals surface area contributed by atoms with Crippen LogP contribution >= 0.6 is 11.3 Å². The van der Waals surface area contributed by atoms with Gasteiger partial charge in [0.25, 0.3) is 0 Å². The quantitative estimate of drug-likeness (QED) is 0.545. The monoisotopic (exact) mass is 418 g/mol. The number of fused-ring (bicyclic) bond motifs is 1. The average molecular weight is 418 g/mol. The molecule has 3 rings (SSSR count). The van der Waals surface area contributed by atoms with Crippen LogP contribution in [0.5, 0.6) is 0 Å². The lowest BCUT2D eigenvalue weighted by Crippen LogP contribution is -2.23. The maximum absolute atomic E-state index is 14.4. The topological polar surface area (TPSA) is 60.7 Å². The summed E-state index contributed by atoms with van der Waals surface area (Å²) in [4.78, 5) is 28.5. The third kappa shape index (κ3) is 5.35. The minimum Gasteiger partial charge on any atom is -0.465 e. The molecule has 1 aromatic heterocycles. The first-order chi connectivity index (χ1) is 14.0. The van der Waals surface area contributed by atoms with E-state index in [1.807, 2.05) is 30.3 Å². The van der Waals surface area contributed by atoms with Crippen LogP contribution in [-0.2, 0) is 27.3 Å². The third-order valence-electron chi connectivity index (χ3n) is 4.21. The standard InChI is InChI=1S/C21H20F2N2O3S/c1-2-28-19(27)13-25-20-16(23)11-15(22)12-17(20)29-21(25)24-18(26)10-6-9-14-7-4-3-5-8-14/h3-5,7-8,11-12H,2,6,9-10,13H2,1H3. The van der Waals surface area contributed by atoms with Crippen LogP contribution in [0.3, 0.4) is 0 Å². The van der Waals surface area contributed by atoms with Crippen molar-refractivity contribution >= 4 is 33.4 Å². The van der Waals surface area contributed by atoms with Crippen molar-refractivity contribution in [1.29, 1.82) is 0 Å². The molecule has 0 unspecified atom stereocenters. The second kappa shape index (κ2) is 9.56. The molecule has 0 saturated carbocycles. The molecule has 2 aromatic carbocycles. The van der Waals surface area contributed by atoms with Gasteiger partial charge in [-0.15, -0.1) is 0 Å². The number of aromatic nitrogens is 1. The summed E-state index contributed by atoms with van der Waals surface area (Å²) in [5, 5.41) is 0. The number of nitrogens with zero attached hydrogens (tertiary/aromatic N) is 2. The van der Waals surface area contributed by atoms with Crippen LogP contribution in [0.2, 0.25) is 0 Å². The Morgan fingerprint density at radius 3 is 2.66 bits per heavy atom. The Labute approximate surface area is 170 Å². The fraction of sp³-hybridized carbons (Fsp3) is 0.286. The minimum absolute atomic E-state index is 0.0280. The minimum atomic E-state index is -0.821. The zero-order valence-corrected chi connectivity index (χ0v) is 16.7. The number of thiazole rings is 1. The van der Waals surface area contributed by atoms with Crippen LogP contribution in [0.1, 0.15) is 25.3 Å². The molecule has 152 valence electrons. The van der Waals surface area contributed by atoms with Gasteiger partial charge in [-0.05, 0) is 31.4 Å². The molecule has 0 atom stereocenters. The average Bonchev–Trinajstić information content (AvgIpc) is 2.99. The van der Waals surface area contributed by atoms with E-state index in [-0.39, 0.29) is 40.5 Å². The van der Waals surface area contributed by atoms with Gasteiger partial charge in [0.2, 0.25) is 5.91 Å². The highest BCUT2D eigenvalue weighted by atomic mass is 32.1. The van der Waals surface area contributed by atoms with Crippen molar-refractivity contribution in [1.82, 2.24) is 4.57 Å². The molecule has 29 heavy (non-hydrogen) atoms. The van der Waals surface area contributed by atoms with Crippen LogP contribution in [0.15, 0.2) is 47.5 Å². The van der Waals surface area contributed by atoms with Crippen LogP contribution in [0, 0.1) is 11.6 Å². The number of carbonyl (C=O) groups excluding carboxylic acids is 2. The first-order valence-electron chi connectivity index (χ1n) is 9.23. The van der Waals surface area contributed by atoms with Gasteiger partial charge in [0.1, 0.15) is 12.4 Å². The van der Waals surface area contributed by atoms with Crippen molar-refractivity contribution in [2.45, 2.75) is 32.7 Å². The molecule has 8 heteroatoms. The second-order valence-electron chi connectivity index (χ2n) is 6.35. The van der Waals surface area contributed by atoms with Crippen molar-refractivity contribution in [3.63, 3.8) is 0 Å². The summed E-state index contributed by atoms with van der Waals surface area (Å²) in [5.41, 5.74) is 1.15. The lowest BCUT2D eigenvalue weighted by atomic mass is 10.1. The summed E-state index contributed by atoms with van der Waals surface area (Å²) in [6.45, 7) is 1.52. The van der Waals surface area contributed by atoms with E-state index in [0.29, 0.717) is 6.42 Å². The molecule has 0 aliphatic heterocycles. The largest absolute Gasteiger partial charge is 0.465 e. The molecule has 0 radical (unpaired) electrons. The lowest BCUT2D eigenvalue weighted by molar-refractivity contribution is -0.143. The summed E-state index contributed by atoms with van der Waals surface area (Å²) in [6.07, 6.45) is 1.55. The molecule has 0 aliphatic carbocycles. The number of carbonyl (C=O) groups is 2. The van der Waals surface area contributed by atoms with Gasteiger partial charge in [-0.1, -0.05) is 41.7 Å². The summed E-state index contributed by atoms with van der Waals surface area (Å²) in [6, 6.07) is 11.7. The van der Waals surface area contributed by atoms with Gasteiger partial charge in [0.15, 0.2) is 10.6 Å². The van der Waals surface area contributed by atoms with Crippen molar-refractivity contribution < 1.29 is 23.1 Å². The highest BCUT2D eigenvalue weighted by Gasteiger charge is 2.16. The van der Waals surface area contributed by atoms with E-state index < -0.39 is 17.6 Å². The SMILES string of the molecule is CCOC(=O)Cn1c(=NC(=O)CCCc2ccccc2)sc2cc(F)cc(F)c21. The Morgan fingerprint density at radius 1 is 1.17 bits per heavy atom. The van der Waals surface area contributed by atoms with Crippen LogP contribution in [0.25, 0.3) is 10.2 Å². The molecule has 0 aliphatic rings. The zero-order valence-electron chi connectivity index (χ0n) is 15.9. The van der Waals surface area contributed by atoms with Gasteiger partial charge < -0.3 is 9.30 Å². The van der Waals surface area contributed by atoms with Gasteiger partial charge in [0.05, 0.1) is 16.8 Å². The fourth-order valence-electron chi connectivity index (χ4n) is 2.95. The van der Waals surface area contributed by atoms with Gasteiger partial charge >= 0.3 is 5.97 Å². The van der Waals surface area contributed by atoms with Crippen molar-refractivity contribution in [2.75, 3.05) is 6.61 Å². The zero-order chi connectivity index (χ0) is 20.8. The molecular weight excluding hydrogens is 398 g/mol. The molecule has 1 amide bonds. The molecule has 0 saturated heterocycles. The molecule has 0 N–H and O–H groups in total. The Balaban J connectivity index is 1.86. The Kier molecular flexibility index (Phi) is 6.87. The second-order valence-corrected chi connectivity index (χ2v) is 7.36. The summed E-state index contributed by atoms with van der Waals surface area (Å²) in [7, 11) is 0. The van der Waals surface area contributed by atoms with Gasteiger partial charge in [-0.2, -0.15) is 4.99 Å². The van der Waals surface area contributed by atoms with E-state index in [2.05, 4.69) is 4.99 Å². The predicted molar refractivity (Wildman–Crippen MR) is 106 cm³/mol. The van der Waals surface area contributed by atoms with E-state index in [1.165, 1.54) is 4.57 Å². The molecule has 0 spiro atoms. The number of ether oxygens (including phenoxy) is 1. The highest BCUT2D eigenvalue weighted by molar-refractivity contribution is 7.16. The highest BCUT2D eigenvalue weighted by Crippen LogP contribution is 2.22. The first kappa shape index (κ1) is 20.9. The number of benzene rings is 2. The van der Waals surface area contributed by atoms with E-state index in [1.54, 1.807) is 6.92 Å². The molecule has 1 heterocycles. The summed E-state index contributed by atoms with van der Waals surface area (Å²) in [5.74, 6) is -2.53. The number of esters is 1. The van der Waals surface area contributed by atoms with E-state index in [0.717, 1.165) is 35.5 Å². The van der Waals surface area contributed by atoms with Crippen LogP contribution in [-0.4, -0.2) is 23.1 Å². The number of halogens is 2. The molecule has 3 aromatic rings. The number of aryl methyl sites for hydroxylation is 1. The van der Waals surface area contributed by atoms with Crippen LogP contribution in [0.4, 0.5) is 8.78 Å². The number of hydrogen-bond donors (Lipinski definition) is 0. The van der Waals surface area contributed by atoms with E-state index in [4.69, 9.17) is 4.74 Å². The van der Waals surface area contributed by atoms with Gasteiger partial charge in [0, 0.05) is 12.5 Å². The maximum atomic E-state index is 14.4. The summed E-state index contributed by atoms with van der Waals surface area (Å²) < 4.78 is 34.4. The Morgan fingerprint density at radius 2 is 1.93 bits per heavy atom. The fourth-order valence-corrected chi connectivity index (χ4v) is 4.03. The summed E-state index contributed by atoms with van der Waals surface area (Å²) >= 11 is 0.958. The van der Waals surface area contributed by atoms with Crippen molar-refractivity contribution in [2.24, 2.45) is 4.99 Å². The Hall–Kier alpha value is -2.87. The lowest BCUT2D eigenvalue weighted by Gasteiger charge is -2.06. The molecule has 5 nitrogen and oxygen atoms in total. The smallest absolute Gasteiger partial charge is 0.326 e. The van der Waals surface area contributed by atoms with E-state index in [9.17, 15) is 18.4 Å². The number of amides is 1. The van der Waals surface area contributed by atoms with Crippen LogP contribution < -0.4 is 4.80 Å². The van der Waals surface area contributed by atoms with Crippen molar-refractivity contribution in [3.05, 3.63) is 64.5 Å². The maximum Gasteiger partial charge on any atom is 0.326 e. The number of hydrogen-bond acceptors (Lipinski definition) is 4. The predicted octanol–water partition coefficient (Wildman–Crippen LogP) is 3.99. The first-order valence-corrected chi connectivity index (χ1v) is 10.0. The molecule has 0 fully saturated rings.